The lowest BCUT2D eigenvalue weighted by Gasteiger charge is -2.12. The van der Waals surface area contributed by atoms with Gasteiger partial charge in [0.2, 0.25) is 0 Å². The van der Waals surface area contributed by atoms with Crippen molar-refractivity contribution in [1.29, 1.82) is 0 Å². The molecule has 0 fully saturated rings. The lowest BCUT2D eigenvalue weighted by molar-refractivity contribution is -0.140. The van der Waals surface area contributed by atoms with Crippen LogP contribution in [0.2, 0.25) is 0 Å². The van der Waals surface area contributed by atoms with E-state index >= 15 is 0 Å². The van der Waals surface area contributed by atoms with E-state index in [1.807, 2.05) is 60.8 Å². The zero-order valence-corrected chi connectivity index (χ0v) is 20.2. The van der Waals surface area contributed by atoms with Crippen LogP contribution in [0.1, 0.15) is 43.9 Å². The van der Waals surface area contributed by atoms with Gasteiger partial charge in [0.1, 0.15) is 11.6 Å². The minimum Gasteiger partial charge on any atom is -0.480 e. The first-order valence-corrected chi connectivity index (χ1v) is 11.7. The van der Waals surface area contributed by atoms with Gasteiger partial charge in [-0.15, -0.1) is 0 Å². The Morgan fingerprint density at radius 2 is 1.78 bits per heavy atom. The van der Waals surface area contributed by atoms with Gasteiger partial charge in [0.25, 0.3) is 0 Å². The van der Waals surface area contributed by atoms with Crippen LogP contribution in [0, 0.1) is 0 Å². The SMILES string of the molecule is CC(C)c1ccccc1-c1ncc2c(n1)n(Cc1ccc(-n3cccn3)cc1)c(=O)n2C(C)C(=O)O. The van der Waals surface area contributed by atoms with Crippen LogP contribution in [0.15, 0.2) is 78.0 Å². The fourth-order valence-electron chi connectivity index (χ4n) is 4.38. The molecule has 5 aromatic rings. The molecule has 0 saturated carbocycles. The zero-order valence-electron chi connectivity index (χ0n) is 20.2. The Labute approximate surface area is 207 Å². The predicted molar refractivity (Wildman–Crippen MR) is 136 cm³/mol. The van der Waals surface area contributed by atoms with Gasteiger partial charge < -0.3 is 5.11 Å². The number of carboxylic acid groups (broad SMARTS) is 1. The van der Waals surface area contributed by atoms with Crippen molar-refractivity contribution >= 4 is 17.1 Å². The summed E-state index contributed by atoms with van der Waals surface area (Å²) in [6.07, 6.45) is 5.11. The number of aliphatic carboxylic acids is 1. The predicted octanol–water partition coefficient (Wildman–Crippen LogP) is 4.26. The molecular weight excluding hydrogens is 456 g/mol. The summed E-state index contributed by atoms with van der Waals surface area (Å²) in [5, 5.41) is 13.9. The van der Waals surface area contributed by atoms with Gasteiger partial charge in [-0.3, -0.25) is 9.13 Å². The Hall–Kier alpha value is -4.53. The molecule has 1 unspecified atom stereocenters. The number of aromatic nitrogens is 6. The maximum Gasteiger partial charge on any atom is 0.331 e. The van der Waals surface area contributed by atoms with Gasteiger partial charge in [-0.05, 0) is 42.2 Å². The maximum absolute atomic E-state index is 13.5. The maximum atomic E-state index is 13.5. The largest absolute Gasteiger partial charge is 0.480 e. The first-order chi connectivity index (χ1) is 17.3. The molecule has 3 aromatic heterocycles. The van der Waals surface area contributed by atoms with Crippen molar-refractivity contribution in [2.24, 2.45) is 0 Å². The molecule has 0 amide bonds. The Morgan fingerprint density at radius 1 is 1.03 bits per heavy atom. The Morgan fingerprint density at radius 3 is 2.44 bits per heavy atom. The number of carboxylic acids is 1. The third-order valence-electron chi connectivity index (χ3n) is 6.32. The summed E-state index contributed by atoms with van der Waals surface area (Å²) in [7, 11) is 0. The Kier molecular flexibility index (Phi) is 5.97. The average molecular weight is 483 g/mol. The van der Waals surface area contributed by atoms with E-state index in [4.69, 9.17) is 4.98 Å². The smallest absolute Gasteiger partial charge is 0.331 e. The second-order valence-corrected chi connectivity index (χ2v) is 9.01. The fourth-order valence-corrected chi connectivity index (χ4v) is 4.38. The summed E-state index contributed by atoms with van der Waals surface area (Å²) in [6.45, 7) is 5.92. The van der Waals surface area contributed by atoms with Crippen LogP contribution in [0.4, 0.5) is 0 Å². The number of benzene rings is 2. The van der Waals surface area contributed by atoms with Gasteiger partial charge in [0, 0.05) is 18.0 Å². The van der Waals surface area contributed by atoms with Gasteiger partial charge in [-0.2, -0.15) is 5.10 Å². The third-order valence-corrected chi connectivity index (χ3v) is 6.32. The van der Waals surface area contributed by atoms with E-state index in [0.29, 0.717) is 17.0 Å². The molecule has 2 aromatic carbocycles. The van der Waals surface area contributed by atoms with Crippen LogP contribution in [-0.2, 0) is 11.3 Å². The zero-order chi connectivity index (χ0) is 25.4. The van der Waals surface area contributed by atoms with Gasteiger partial charge in [-0.25, -0.2) is 24.2 Å². The molecule has 0 saturated heterocycles. The van der Waals surface area contributed by atoms with E-state index in [0.717, 1.165) is 22.4 Å². The summed E-state index contributed by atoms with van der Waals surface area (Å²) in [5.41, 5.74) is 4.08. The number of hydrogen-bond acceptors (Lipinski definition) is 5. The number of hydrogen-bond donors (Lipinski definition) is 1. The molecule has 0 radical (unpaired) electrons. The molecule has 9 nitrogen and oxygen atoms in total. The van der Waals surface area contributed by atoms with Gasteiger partial charge in [0.15, 0.2) is 11.5 Å². The number of imidazole rings is 1. The van der Waals surface area contributed by atoms with Crippen LogP contribution < -0.4 is 5.69 Å². The van der Waals surface area contributed by atoms with Crippen molar-refractivity contribution in [3.8, 4) is 17.1 Å². The molecule has 182 valence electrons. The van der Waals surface area contributed by atoms with E-state index < -0.39 is 17.7 Å². The van der Waals surface area contributed by atoms with Crippen LogP contribution >= 0.6 is 0 Å². The summed E-state index contributed by atoms with van der Waals surface area (Å²) in [4.78, 5) is 34.6. The molecule has 0 bridgehead atoms. The molecule has 0 aliphatic carbocycles. The van der Waals surface area contributed by atoms with E-state index in [2.05, 4.69) is 23.9 Å². The van der Waals surface area contributed by atoms with Crippen LogP contribution in [0.3, 0.4) is 0 Å². The topological polar surface area (TPSA) is 108 Å². The third kappa shape index (κ3) is 4.08. The van der Waals surface area contributed by atoms with Crippen molar-refractivity contribution in [2.45, 2.75) is 39.3 Å². The minimum atomic E-state index is -1.10. The average Bonchev–Trinajstić information content (AvgIpc) is 3.51. The lowest BCUT2D eigenvalue weighted by atomic mass is 9.97. The van der Waals surface area contributed by atoms with Crippen molar-refractivity contribution < 1.29 is 9.90 Å². The molecule has 9 heteroatoms. The highest BCUT2D eigenvalue weighted by Crippen LogP contribution is 2.28. The Balaban J connectivity index is 1.64. The highest BCUT2D eigenvalue weighted by molar-refractivity contribution is 5.79. The number of carbonyl (C=O) groups is 1. The van der Waals surface area contributed by atoms with Crippen LogP contribution in [0.5, 0.6) is 0 Å². The molecule has 36 heavy (non-hydrogen) atoms. The van der Waals surface area contributed by atoms with E-state index in [9.17, 15) is 14.7 Å². The molecule has 0 aliphatic rings. The van der Waals surface area contributed by atoms with Crippen molar-refractivity contribution in [3.63, 3.8) is 0 Å². The van der Waals surface area contributed by atoms with E-state index in [1.165, 1.54) is 16.1 Å². The normalized spacial score (nSPS) is 12.3. The summed E-state index contributed by atoms with van der Waals surface area (Å²) in [6, 6.07) is 16.4. The van der Waals surface area contributed by atoms with Gasteiger partial charge >= 0.3 is 11.7 Å². The lowest BCUT2D eigenvalue weighted by Crippen LogP contribution is -2.30. The molecular formula is C27H26N6O3. The molecule has 3 heterocycles. The standard InChI is InChI=1S/C27H26N6O3/c1-17(2)21-7-4-5-8-22(21)24-28-15-23-25(30-24)31(27(36)33(23)18(3)26(34)35)16-19-9-11-20(12-10-19)32-14-6-13-29-32/h4-15,17-18H,16H2,1-3H3,(H,34,35). The second kappa shape index (κ2) is 9.26. The summed E-state index contributed by atoms with van der Waals surface area (Å²) >= 11 is 0. The summed E-state index contributed by atoms with van der Waals surface area (Å²) in [5.74, 6) is -0.351. The molecule has 1 N–H and O–H groups in total. The van der Waals surface area contributed by atoms with Crippen molar-refractivity contribution in [3.05, 3.63) is 94.8 Å². The molecule has 0 aliphatic heterocycles. The van der Waals surface area contributed by atoms with E-state index in [-0.39, 0.29) is 12.5 Å². The van der Waals surface area contributed by atoms with Crippen LogP contribution in [-0.4, -0.2) is 40.0 Å². The van der Waals surface area contributed by atoms with Gasteiger partial charge in [0.05, 0.1) is 18.4 Å². The number of nitrogens with zero attached hydrogens (tertiary/aromatic N) is 6. The quantitative estimate of drug-likeness (QED) is 0.371. The number of fused-ring (bicyclic) bond motifs is 1. The molecule has 1 atom stereocenters. The van der Waals surface area contributed by atoms with E-state index in [1.54, 1.807) is 17.1 Å². The molecule has 0 spiro atoms. The summed E-state index contributed by atoms with van der Waals surface area (Å²) < 4.78 is 4.51. The van der Waals surface area contributed by atoms with Crippen molar-refractivity contribution in [1.82, 2.24) is 28.9 Å². The highest BCUT2D eigenvalue weighted by Gasteiger charge is 2.24. The molecule has 5 rings (SSSR count). The van der Waals surface area contributed by atoms with Crippen LogP contribution in [0.25, 0.3) is 28.2 Å². The first-order valence-electron chi connectivity index (χ1n) is 11.7. The first kappa shape index (κ1) is 23.2. The van der Waals surface area contributed by atoms with Crippen molar-refractivity contribution in [2.75, 3.05) is 0 Å². The highest BCUT2D eigenvalue weighted by atomic mass is 16.4. The number of rotatable bonds is 7. The minimum absolute atomic E-state index is 0.232. The fraction of sp³-hybridized carbons (Fsp3) is 0.222. The second-order valence-electron chi connectivity index (χ2n) is 9.01. The monoisotopic (exact) mass is 482 g/mol. The van der Waals surface area contributed by atoms with Gasteiger partial charge in [-0.1, -0.05) is 50.2 Å². The Bertz CT molecular complexity index is 1600.